The molecule has 0 bridgehead atoms. The van der Waals surface area contributed by atoms with Gasteiger partial charge in [-0.25, -0.2) is 9.41 Å². The van der Waals surface area contributed by atoms with Crippen LogP contribution in [-0.2, 0) is 7.05 Å². The summed E-state index contributed by atoms with van der Waals surface area (Å²) in [5.74, 6) is 0. The van der Waals surface area contributed by atoms with Gasteiger partial charge in [-0.15, -0.1) is 0 Å². The topological polar surface area (TPSA) is 21.4 Å². The molecule has 0 aliphatic rings. The molecule has 0 radical (unpaired) electrons. The van der Waals surface area contributed by atoms with E-state index in [1.165, 1.54) is 5.56 Å². The van der Waals surface area contributed by atoms with Gasteiger partial charge in [0.2, 0.25) is 5.69 Å². The van der Waals surface area contributed by atoms with Crippen molar-refractivity contribution in [2.75, 3.05) is 0 Å². The van der Waals surface area contributed by atoms with Crippen molar-refractivity contribution in [1.29, 1.82) is 0 Å². The Hall–Kier alpha value is -3.90. The first-order valence-electron chi connectivity index (χ1n) is 10.4. The van der Waals surface area contributed by atoms with Gasteiger partial charge in [0, 0.05) is 28.5 Å². The molecular formula is C28H23N2O+. The van der Waals surface area contributed by atoms with Gasteiger partial charge in [0.05, 0.1) is 12.1 Å². The van der Waals surface area contributed by atoms with E-state index in [0.29, 0.717) is 5.69 Å². The molecule has 0 aliphatic carbocycles. The summed E-state index contributed by atoms with van der Waals surface area (Å²) in [6.45, 7) is 14.1. The lowest BCUT2D eigenvalue weighted by Gasteiger charge is -2.10. The van der Waals surface area contributed by atoms with Gasteiger partial charge in [-0.2, -0.15) is 0 Å². The number of nitrogens with zero attached hydrogens (tertiary/aromatic N) is 2. The fourth-order valence-electron chi connectivity index (χ4n) is 4.54. The quantitative estimate of drug-likeness (QED) is 0.225. The van der Waals surface area contributed by atoms with Crippen molar-refractivity contribution < 1.29 is 8.98 Å². The maximum Gasteiger partial charge on any atom is 0.216 e. The maximum absolute atomic E-state index is 7.78. The Kier molecular flexibility index (Phi) is 4.38. The monoisotopic (exact) mass is 403 g/mol. The Morgan fingerprint density at radius 2 is 1.55 bits per heavy atom. The number of hydrogen-bond donors (Lipinski definition) is 0. The SMILES string of the molecule is [C-]#[N+]c1ccc2c(oc3c(-c4cccc[n+]4C)c(C)ccc32)c1-c1ccc(C)cc1C. The summed E-state index contributed by atoms with van der Waals surface area (Å²) in [4.78, 5) is 3.83. The number of rotatable bonds is 2. The summed E-state index contributed by atoms with van der Waals surface area (Å²) in [6, 6.07) is 20.8. The van der Waals surface area contributed by atoms with Crippen molar-refractivity contribution in [3.63, 3.8) is 0 Å². The molecule has 5 aromatic rings. The lowest BCUT2D eigenvalue weighted by atomic mass is 9.95. The molecule has 0 amide bonds. The molecule has 0 atom stereocenters. The van der Waals surface area contributed by atoms with Gasteiger partial charge in [-0.1, -0.05) is 48.0 Å². The third-order valence-corrected chi connectivity index (χ3v) is 6.08. The van der Waals surface area contributed by atoms with E-state index in [-0.39, 0.29) is 0 Å². The predicted molar refractivity (Wildman–Crippen MR) is 126 cm³/mol. The molecule has 0 aliphatic heterocycles. The number of aromatic nitrogens is 1. The highest BCUT2D eigenvalue weighted by Crippen LogP contribution is 2.45. The Morgan fingerprint density at radius 3 is 2.26 bits per heavy atom. The molecule has 5 rings (SSSR count). The molecule has 3 heteroatoms. The molecule has 0 unspecified atom stereocenters. The van der Waals surface area contributed by atoms with E-state index in [9.17, 15) is 0 Å². The van der Waals surface area contributed by atoms with Gasteiger partial charge in [0.25, 0.3) is 0 Å². The second kappa shape index (κ2) is 7.11. The van der Waals surface area contributed by atoms with Gasteiger partial charge in [0.15, 0.2) is 11.9 Å². The summed E-state index contributed by atoms with van der Waals surface area (Å²) in [5.41, 5.74) is 9.88. The number of benzene rings is 3. The van der Waals surface area contributed by atoms with E-state index in [1.54, 1.807) is 0 Å². The molecule has 3 aromatic carbocycles. The first-order valence-corrected chi connectivity index (χ1v) is 10.4. The Bertz CT molecular complexity index is 1530. The van der Waals surface area contributed by atoms with Crippen molar-refractivity contribution in [1.82, 2.24) is 0 Å². The van der Waals surface area contributed by atoms with Gasteiger partial charge in [0.1, 0.15) is 18.2 Å². The molecule has 31 heavy (non-hydrogen) atoms. The van der Waals surface area contributed by atoms with Crippen LogP contribution in [0.15, 0.2) is 71.3 Å². The second-order valence-corrected chi connectivity index (χ2v) is 8.20. The minimum atomic E-state index is 0.613. The molecule has 3 nitrogen and oxygen atoms in total. The van der Waals surface area contributed by atoms with Crippen LogP contribution in [0, 0.1) is 27.3 Å². The zero-order chi connectivity index (χ0) is 21.7. The number of hydrogen-bond acceptors (Lipinski definition) is 1. The highest BCUT2D eigenvalue weighted by molar-refractivity contribution is 6.15. The summed E-state index contributed by atoms with van der Waals surface area (Å²) in [6.07, 6.45) is 2.05. The summed E-state index contributed by atoms with van der Waals surface area (Å²) >= 11 is 0. The third-order valence-electron chi connectivity index (χ3n) is 6.08. The predicted octanol–water partition coefficient (Wildman–Crippen LogP) is 7.22. The molecule has 0 saturated heterocycles. The normalized spacial score (nSPS) is 11.2. The van der Waals surface area contributed by atoms with E-state index in [0.717, 1.165) is 55.4 Å². The third kappa shape index (κ3) is 2.92. The lowest BCUT2D eigenvalue weighted by Crippen LogP contribution is -2.30. The molecule has 0 fully saturated rings. The van der Waals surface area contributed by atoms with Crippen LogP contribution in [0.1, 0.15) is 16.7 Å². The first-order chi connectivity index (χ1) is 15.0. The average Bonchev–Trinajstić information content (AvgIpc) is 3.13. The average molecular weight is 404 g/mol. The minimum Gasteiger partial charge on any atom is -0.456 e. The second-order valence-electron chi connectivity index (χ2n) is 8.20. The number of fused-ring (bicyclic) bond motifs is 3. The zero-order valence-electron chi connectivity index (χ0n) is 18.2. The van der Waals surface area contributed by atoms with Crippen LogP contribution in [0.25, 0.3) is 49.2 Å². The van der Waals surface area contributed by atoms with Gasteiger partial charge >= 0.3 is 0 Å². The molecule has 0 saturated carbocycles. The Balaban J connectivity index is 1.93. The van der Waals surface area contributed by atoms with E-state index in [4.69, 9.17) is 11.0 Å². The highest BCUT2D eigenvalue weighted by Gasteiger charge is 2.23. The highest BCUT2D eigenvalue weighted by atomic mass is 16.3. The van der Waals surface area contributed by atoms with Crippen LogP contribution in [0.5, 0.6) is 0 Å². The van der Waals surface area contributed by atoms with Crippen molar-refractivity contribution in [3.05, 3.63) is 95.0 Å². The van der Waals surface area contributed by atoms with Crippen molar-refractivity contribution in [2.45, 2.75) is 20.8 Å². The fourth-order valence-corrected chi connectivity index (χ4v) is 4.54. The standard InChI is InChI=1S/C28H23N2O/c1-17-9-11-20(19(3)16-17)26-23(29-4)14-13-22-21-12-10-18(2)25(27(21)31-28(22)26)24-8-6-7-15-30(24)5/h6-16H,1-3,5H3/q+1. The van der Waals surface area contributed by atoms with Crippen LogP contribution in [-0.4, -0.2) is 0 Å². The van der Waals surface area contributed by atoms with Crippen LogP contribution in [0.4, 0.5) is 5.69 Å². The molecule has 2 aromatic heterocycles. The maximum atomic E-state index is 7.78. The van der Waals surface area contributed by atoms with Crippen molar-refractivity contribution >= 4 is 27.6 Å². The van der Waals surface area contributed by atoms with Gasteiger partial charge in [-0.05, 0) is 43.5 Å². The summed E-state index contributed by atoms with van der Waals surface area (Å²) in [5, 5.41) is 2.11. The van der Waals surface area contributed by atoms with Crippen molar-refractivity contribution in [3.8, 4) is 22.4 Å². The molecule has 2 heterocycles. The van der Waals surface area contributed by atoms with Crippen molar-refractivity contribution in [2.24, 2.45) is 7.05 Å². The first kappa shape index (κ1) is 19.1. The van der Waals surface area contributed by atoms with Crippen LogP contribution in [0.3, 0.4) is 0 Å². The smallest absolute Gasteiger partial charge is 0.216 e. The Morgan fingerprint density at radius 1 is 0.806 bits per heavy atom. The van der Waals surface area contributed by atoms with Crippen LogP contribution < -0.4 is 4.57 Å². The zero-order valence-corrected chi connectivity index (χ0v) is 18.2. The minimum absolute atomic E-state index is 0.613. The van der Waals surface area contributed by atoms with E-state index in [1.807, 2.05) is 18.2 Å². The van der Waals surface area contributed by atoms with Crippen LogP contribution in [0.2, 0.25) is 0 Å². The molecule has 150 valence electrons. The number of aryl methyl sites for hydroxylation is 4. The van der Waals surface area contributed by atoms with E-state index in [2.05, 4.69) is 85.9 Å². The Labute approximate surface area is 182 Å². The van der Waals surface area contributed by atoms with E-state index >= 15 is 0 Å². The number of furan rings is 1. The van der Waals surface area contributed by atoms with Gasteiger partial charge in [-0.3, -0.25) is 0 Å². The van der Waals surface area contributed by atoms with E-state index < -0.39 is 0 Å². The number of pyridine rings is 1. The largest absolute Gasteiger partial charge is 0.456 e. The molecular weight excluding hydrogens is 380 g/mol. The van der Waals surface area contributed by atoms with Gasteiger partial charge < -0.3 is 4.42 Å². The lowest BCUT2D eigenvalue weighted by molar-refractivity contribution is -0.660. The fraction of sp³-hybridized carbons (Fsp3) is 0.143. The summed E-state index contributed by atoms with van der Waals surface area (Å²) < 4.78 is 8.75. The summed E-state index contributed by atoms with van der Waals surface area (Å²) in [7, 11) is 2.05. The molecule has 0 spiro atoms. The molecule has 0 N–H and O–H groups in total. The van der Waals surface area contributed by atoms with Crippen LogP contribution >= 0.6 is 0 Å².